The third-order valence-electron chi connectivity index (χ3n) is 4.81. The first kappa shape index (κ1) is 20.0. The monoisotopic (exact) mass is 408 g/mol. The lowest BCUT2D eigenvalue weighted by molar-refractivity contribution is -0.119. The fourth-order valence-corrected chi connectivity index (χ4v) is 3.92. The van der Waals surface area contributed by atoms with Crippen LogP contribution in [0.4, 0.5) is 0 Å². The van der Waals surface area contributed by atoms with Crippen LogP contribution >= 0.6 is 23.4 Å². The lowest BCUT2D eigenvalue weighted by Crippen LogP contribution is -2.41. The van der Waals surface area contributed by atoms with Crippen LogP contribution in [0.15, 0.2) is 23.4 Å². The number of nitrogens with one attached hydrogen (secondary N) is 2. The van der Waals surface area contributed by atoms with Crippen LogP contribution in [0.2, 0.25) is 5.02 Å². The van der Waals surface area contributed by atoms with E-state index in [4.69, 9.17) is 16.3 Å². The molecule has 0 spiro atoms. The lowest BCUT2D eigenvalue weighted by atomic mass is 9.86. The number of halogens is 1. The molecule has 2 aromatic rings. The van der Waals surface area contributed by atoms with Gasteiger partial charge in [0.1, 0.15) is 12.4 Å². The van der Waals surface area contributed by atoms with E-state index in [2.05, 4.69) is 27.4 Å². The number of H-pyrrole nitrogens is 1. The number of rotatable bonds is 7. The van der Waals surface area contributed by atoms with Crippen LogP contribution in [0, 0.1) is 12.8 Å². The highest BCUT2D eigenvalue weighted by Crippen LogP contribution is 2.24. The highest BCUT2D eigenvalue weighted by molar-refractivity contribution is 7.99. The molecule has 2 unspecified atom stereocenters. The molecule has 1 aliphatic rings. The number of benzene rings is 1. The van der Waals surface area contributed by atoms with Crippen molar-refractivity contribution in [2.45, 2.75) is 57.3 Å². The van der Waals surface area contributed by atoms with E-state index in [0.29, 0.717) is 33.7 Å². The van der Waals surface area contributed by atoms with Crippen LogP contribution in [-0.4, -0.2) is 32.9 Å². The molecule has 0 bridgehead atoms. The molecule has 3 rings (SSSR count). The largest absolute Gasteiger partial charge is 0.486 e. The zero-order valence-corrected chi connectivity index (χ0v) is 17.2. The van der Waals surface area contributed by atoms with E-state index in [-0.39, 0.29) is 12.5 Å². The van der Waals surface area contributed by atoms with Crippen molar-refractivity contribution < 1.29 is 9.53 Å². The van der Waals surface area contributed by atoms with Gasteiger partial charge in [-0.25, -0.2) is 4.98 Å². The smallest absolute Gasteiger partial charge is 0.230 e. The second-order valence-electron chi connectivity index (χ2n) is 6.99. The molecular weight excluding hydrogens is 384 g/mol. The Bertz CT molecular complexity index is 783. The molecule has 1 saturated carbocycles. The molecule has 1 heterocycles. The van der Waals surface area contributed by atoms with Gasteiger partial charge in [-0.3, -0.25) is 9.89 Å². The van der Waals surface area contributed by atoms with Gasteiger partial charge in [-0.1, -0.05) is 43.1 Å². The topological polar surface area (TPSA) is 79.9 Å². The van der Waals surface area contributed by atoms with Gasteiger partial charge in [0.15, 0.2) is 5.82 Å². The molecule has 2 N–H and O–H groups in total. The van der Waals surface area contributed by atoms with Crippen molar-refractivity contribution in [3.8, 4) is 5.75 Å². The van der Waals surface area contributed by atoms with Crippen molar-refractivity contribution >= 4 is 29.3 Å². The summed E-state index contributed by atoms with van der Waals surface area (Å²) in [6.45, 7) is 4.42. The van der Waals surface area contributed by atoms with Crippen molar-refractivity contribution in [3.63, 3.8) is 0 Å². The van der Waals surface area contributed by atoms with Crippen molar-refractivity contribution in [2.24, 2.45) is 5.92 Å². The molecule has 1 fully saturated rings. The summed E-state index contributed by atoms with van der Waals surface area (Å²) in [4.78, 5) is 16.5. The van der Waals surface area contributed by atoms with Crippen LogP contribution < -0.4 is 10.1 Å². The summed E-state index contributed by atoms with van der Waals surface area (Å²) in [6, 6.07) is 5.80. The van der Waals surface area contributed by atoms with E-state index in [1.54, 1.807) is 6.07 Å². The van der Waals surface area contributed by atoms with Crippen molar-refractivity contribution in [1.82, 2.24) is 20.5 Å². The SMILES string of the molecule is Cc1cc(OCc2nc(SCC(=O)NC3CCCCC3C)n[nH]2)ccc1Cl. The van der Waals surface area contributed by atoms with Gasteiger partial charge in [0.2, 0.25) is 11.1 Å². The zero-order valence-electron chi connectivity index (χ0n) is 15.6. The molecule has 1 aromatic heterocycles. The maximum absolute atomic E-state index is 12.2. The molecule has 2 atom stereocenters. The molecule has 6 nitrogen and oxygen atoms in total. The summed E-state index contributed by atoms with van der Waals surface area (Å²) >= 11 is 7.34. The number of ether oxygens (including phenoxy) is 1. The predicted octanol–water partition coefficient (Wildman–Crippen LogP) is 4.13. The van der Waals surface area contributed by atoms with Gasteiger partial charge in [0, 0.05) is 11.1 Å². The normalized spacial score (nSPS) is 19.7. The minimum Gasteiger partial charge on any atom is -0.486 e. The number of hydrogen-bond donors (Lipinski definition) is 2. The van der Waals surface area contributed by atoms with Crippen molar-refractivity contribution in [1.29, 1.82) is 0 Å². The van der Waals surface area contributed by atoms with E-state index in [1.807, 2.05) is 19.1 Å². The average Bonchev–Trinajstić information content (AvgIpc) is 3.11. The first-order valence-electron chi connectivity index (χ1n) is 9.23. The number of aromatic amines is 1. The maximum atomic E-state index is 12.2. The van der Waals surface area contributed by atoms with E-state index < -0.39 is 0 Å². The molecule has 1 aromatic carbocycles. The van der Waals surface area contributed by atoms with Gasteiger partial charge < -0.3 is 10.1 Å². The van der Waals surface area contributed by atoms with Crippen molar-refractivity contribution in [2.75, 3.05) is 5.75 Å². The Hall–Kier alpha value is -1.73. The Morgan fingerprint density at radius 3 is 3.00 bits per heavy atom. The van der Waals surface area contributed by atoms with Gasteiger partial charge >= 0.3 is 0 Å². The number of hydrogen-bond acceptors (Lipinski definition) is 5. The lowest BCUT2D eigenvalue weighted by Gasteiger charge is -2.29. The van der Waals surface area contributed by atoms with Gasteiger partial charge in [-0.15, -0.1) is 5.10 Å². The van der Waals surface area contributed by atoms with Crippen LogP contribution in [0.5, 0.6) is 5.75 Å². The highest BCUT2D eigenvalue weighted by Gasteiger charge is 2.22. The Labute approximate surface area is 168 Å². The summed E-state index contributed by atoms with van der Waals surface area (Å²) in [5.74, 6) is 2.25. The first-order valence-corrected chi connectivity index (χ1v) is 10.6. The van der Waals surface area contributed by atoms with Crippen LogP contribution in [0.1, 0.15) is 44.0 Å². The Morgan fingerprint density at radius 1 is 1.41 bits per heavy atom. The minimum atomic E-state index is 0.0398. The Balaban J connectivity index is 1.43. The van der Waals surface area contributed by atoms with E-state index in [0.717, 1.165) is 17.7 Å². The molecule has 8 heteroatoms. The second-order valence-corrected chi connectivity index (χ2v) is 8.34. The second kappa shape index (κ2) is 9.46. The van der Waals surface area contributed by atoms with E-state index >= 15 is 0 Å². The Morgan fingerprint density at radius 2 is 2.22 bits per heavy atom. The first-order chi connectivity index (χ1) is 13.0. The molecule has 1 amide bonds. The highest BCUT2D eigenvalue weighted by atomic mass is 35.5. The fraction of sp³-hybridized carbons (Fsp3) is 0.526. The summed E-state index contributed by atoms with van der Waals surface area (Å²) in [5, 5.41) is 11.4. The minimum absolute atomic E-state index is 0.0398. The van der Waals surface area contributed by atoms with E-state index in [1.165, 1.54) is 31.0 Å². The van der Waals surface area contributed by atoms with Gasteiger partial charge in [-0.05, 0) is 49.4 Å². The molecule has 0 radical (unpaired) electrons. The van der Waals surface area contributed by atoms with Crippen molar-refractivity contribution in [3.05, 3.63) is 34.6 Å². The number of nitrogens with zero attached hydrogens (tertiary/aromatic N) is 2. The van der Waals surface area contributed by atoms with Gasteiger partial charge in [0.25, 0.3) is 0 Å². The molecule has 27 heavy (non-hydrogen) atoms. The maximum Gasteiger partial charge on any atom is 0.230 e. The van der Waals surface area contributed by atoms with Gasteiger partial charge in [0.05, 0.1) is 5.75 Å². The predicted molar refractivity (Wildman–Crippen MR) is 107 cm³/mol. The summed E-state index contributed by atoms with van der Waals surface area (Å²) < 4.78 is 5.70. The third kappa shape index (κ3) is 5.87. The summed E-state index contributed by atoms with van der Waals surface area (Å²) in [6.07, 6.45) is 4.72. The number of carbonyl (C=O) groups is 1. The molecule has 1 aliphatic carbocycles. The van der Waals surface area contributed by atoms with Crippen LogP contribution in [-0.2, 0) is 11.4 Å². The standard InChI is InChI=1S/C19H25ClN4O2S/c1-12-5-3-4-6-16(12)21-18(25)11-27-19-22-17(23-24-19)10-26-14-7-8-15(20)13(2)9-14/h7-9,12,16H,3-6,10-11H2,1-2H3,(H,21,25)(H,22,23,24). The van der Waals surface area contributed by atoms with Crippen LogP contribution in [0.3, 0.4) is 0 Å². The molecular formula is C19H25ClN4O2S. The molecule has 0 aliphatic heterocycles. The fourth-order valence-electron chi connectivity index (χ4n) is 3.17. The number of carbonyl (C=O) groups excluding carboxylic acids is 1. The Kier molecular flexibility index (Phi) is 7.01. The average molecular weight is 409 g/mol. The number of amides is 1. The number of thioether (sulfide) groups is 1. The number of aryl methyl sites for hydroxylation is 1. The number of aromatic nitrogens is 3. The summed E-state index contributed by atoms with van der Waals surface area (Å²) in [5.41, 5.74) is 0.960. The van der Waals surface area contributed by atoms with Crippen LogP contribution in [0.25, 0.3) is 0 Å². The molecule has 146 valence electrons. The molecule has 0 saturated heterocycles. The summed E-state index contributed by atoms with van der Waals surface area (Å²) in [7, 11) is 0. The quantitative estimate of drug-likeness (QED) is 0.673. The third-order valence-corrected chi connectivity index (χ3v) is 6.08. The zero-order chi connectivity index (χ0) is 19.2. The van der Waals surface area contributed by atoms with E-state index in [9.17, 15) is 4.79 Å². The van der Waals surface area contributed by atoms with Gasteiger partial charge in [-0.2, -0.15) is 0 Å².